The Morgan fingerprint density at radius 1 is 1.67 bits per heavy atom. The van der Waals surface area contributed by atoms with Crippen LogP contribution in [0.25, 0.3) is 0 Å². The Bertz CT molecular complexity index is 383. The van der Waals surface area contributed by atoms with Crippen molar-refractivity contribution < 1.29 is 0 Å². The van der Waals surface area contributed by atoms with Crippen LogP contribution in [-0.4, -0.2) is 11.5 Å². The average molecular weight is 221 g/mol. The van der Waals surface area contributed by atoms with Crippen molar-refractivity contribution in [3.63, 3.8) is 0 Å². The predicted molar refractivity (Wildman–Crippen MR) is 60.7 cm³/mol. The van der Waals surface area contributed by atoms with Crippen LogP contribution in [0.3, 0.4) is 0 Å². The molecule has 2 rings (SSSR count). The Morgan fingerprint density at radius 2 is 2.47 bits per heavy atom. The van der Waals surface area contributed by atoms with Gasteiger partial charge in [0.2, 0.25) is 0 Å². The number of hydrogen-bond acceptors (Lipinski definition) is 4. The van der Waals surface area contributed by atoms with Crippen LogP contribution in [-0.2, 0) is 5.41 Å². The fraction of sp³-hybridized carbons (Fsp3) is 0.636. The second-order valence-corrected chi connectivity index (χ2v) is 5.32. The Kier molecular flexibility index (Phi) is 2.76. The first-order chi connectivity index (χ1) is 7.13. The molecule has 0 radical (unpaired) electrons. The van der Waals surface area contributed by atoms with Crippen LogP contribution in [0, 0.1) is 11.3 Å². The highest BCUT2D eigenvalue weighted by molar-refractivity contribution is 7.09. The van der Waals surface area contributed by atoms with E-state index in [9.17, 15) is 0 Å². The van der Waals surface area contributed by atoms with E-state index in [1.54, 1.807) is 11.3 Å². The summed E-state index contributed by atoms with van der Waals surface area (Å²) in [5, 5.41) is 15.4. The Hall–Kier alpha value is -0.920. The van der Waals surface area contributed by atoms with E-state index in [4.69, 9.17) is 5.26 Å². The molecule has 0 aliphatic carbocycles. The number of nitriles is 1. The van der Waals surface area contributed by atoms with Gasteiger partial charge in [-0.3, -0.25) is 0 Å². The number of hydrogen-bond donors (Lipinski definition) is 1. The molecule has 4 heteroatoms. The molecular weight excluding hydrogens is 206 g/mol. The fourth-order valence-electron chi connectivity index (χ4n) is 1.72. The van der Waals surface area contributed by atoms with Crippen LogP contribution in [0.4, 0.5) is 0 Å². The van der Waals surface area contributed by atoms with Gasteiger partial charge in [0.05, 0.1) is 17.8 Å². The summed E-state index contributed by atoms with van der Waals surface area (Å²) in [6, 6.07) is 2.70. The summed E-state index contributed by atoms with van der Waals surface area (Å²) in [5.74, 6) is 0. The van der Waals surface area contributed by atoms with Crippen LogP contribution < -0.4 is 5.32 Å². The number of nitrogens with zero attached hydrogens (tertiary/aromatic N) is 2. The monoisotopic (exact) mass is 221 g/mol. The van der Waals surface area contributed by atoms with Crippen molar-refractivity contribution in [1.29, 1.82) is 5.26 Å². The van der Waals surface area contributed by atoms with Crippen LogP contribution in [0.2, 0.25) is 0 Å². The smallest absolute Gasteiger partial charge is 0.113 e. The van der Waals surface area contributed by atoms with Gasteiger partial charge in [-0.15, -0.1) is 11.3 Å². The van der Waals surface area contributed by atoms with E-state index in [1.807, 2.05) is 13.8 Å². The van der Waals surface area contributed by atoms with E-state index in [2.05, 4.69) is 21.8 Å². The first-order valence-electron chi connectivity index (χ1n) is 5.24. The van der Waals surface area contributed by atoms with Crippen LogP contribution in [0.15, 0.2) is 5.38 Å². The molecule has 0 aromatic carbocycles. The molecule has 15 heavy (non-hydrogen) atoms. The van der Waals surface area contributed by atoms with Crippen molar-refractivity contribution in [2.45, 2.75) is 38.1 Å². The zero-order valence-corrected chi connectivity index (χ0v) is 9.90. The molecule has 1 aromatic heterocycles. The van der Waals surface area contributed by atoms with E-state index < -0.39 is 5.41 Å². The fourth-order valence-corrected chi connectivity index (χ4v) is 2.67. The van der Waals surface area contributed by atoms with Crippen LogP contribution >= 0.6 is 11.3 Å². The van der Waals surface area contributed by atoms with E-state index in [-0.39, 0.29) is 0 Å². The van der Waals surface area contributed by atoms with Gasteiger partial charge in [-0.1, -0.05) is 0 Å². The minimum absolute atomic E-state index is 0.407. The lowest BCUT2D eigenvalue weighted by molar-refractivity contribution is 0.615. The predicted octanol–water partition coefficient (Wildman–Crippen LogP) is 2.37. The van der Waals surface area contributed by atoms with Crippen LogP contribution in [0.5, 0.6) is 0 Å². The minimum atomic E-state index is -0.457. The molecule has 80 valence electrons. The van der Waals surface area contributed by atoms with Crippen molar-refractivity contribution in [2.75, 3.05) is 6.54 Å². The zero-order chi connectivity index (χ0) is 10.9. The average Bonchev–Trinajstić information content (AvgIpc) is 2.88. The zero-order valence-electron chi connectivity index (χ0n) is 9.08. The molecular formula is C11H15N3S. The molecule has 3 nitrogen and oxygen atoms in total. The molecule has 2 heterocycles. The highest BCUT2D eigenvalue weighted by atomic mass is 32.1. The molecule has 1 saturated heterocycles. The van der Waals surface area contributed by atoms with Gasteiger partial charge >= 0.3 is 0 Å². The summed E-state index contributed by atoms with van der Waals surface area (Å²) >= 11 is 1.59. The van der Waals surface area contributed by atoms with E-state index in [1.165, 1.54) is 6.42 Å². The maximum atomic E-state index is 9.02. The molecule has 1 aliphatic heterocycles. The van der Waals surface area contributed by atoms with Gasteiger partial charge in [0.1, 0.15) is 10.4 Å². The molecule has 1 atom stereocenters. The van der Waals surface area contributed by atoms with Gasteiger partial charge in [0.15, 0.2) is 0 Å². The third kappa shape index (κ3) is 2.04. The highest BCUT2D eigenvalue weighted by Crippen LogP contribution is 2.30. The SMILES string of the molecule is CC(C)(C#N)c1nc(C2CCCN2)cs1. The molecule has 0 saturated carbocycles. The minimum Gasteiger partial charge on any atom is -0.309 e. The van der Waals surface area contributed by atoms with Gasteiger partial charge in [-0.2, -0.15) is 5.26 Å². The Balaban J connectivity index is 2.21. The second kappa shape index (κ2) is 3.92. The lowest BCUT2D eigenvalue weighted by Gasteiger charge is -2.11. The standard InChI is InChI=1S/C11H15N3S/c1-11(2,7-12)10-14-9(6-15-10)8-4-3-5-13-8/h6,8,13H,3-5H2,1-2H3. The summed E-state index contributed by atoms with van der Waals surface area (Å²) in [6.07, 6.45) is 2.38. The first kappa shape index (κ1) is 10.6. The third-order valence-corrected chi connectivity index (χ3v) is 3.94. The van der Waals surface area contributed by atoms with Gasteiger partial charge < -0.3 is 5.32 Å². The third-order valence-electron chi connectivity index (χ3n) is 2.75. The molecule has 1 fully saturated rings. The maximum Gasteiger partial charge on any atom is 0.113 e. The summed E-state index contributed by atoms with van der Waals surface area (Å²) < 4.78 is 0. The topological polar surface area (TPSA) is 48.7 Å². The Morgan fingerprint density at radius 3 is 3.07 bits per heavy atom. The highest BCUT2D eigenvalue weighted by Gasteiger charge is 2.26. The van der Waals surface area contributed by atoms with Gasteiger partial charge in [0, 0.05) is 5.38 Å². The summed E-state index contributed by atoms with van der Waals surface area (Å²) in [4.78, 5) is 4.57. The van der Waals surface area contributed by atoms with E-state index >= 15 is 0 Å². The van der Waals surface area contributed by atoms with E-state index in [0.717, 1.165) is 23.7 Å². The van der Waals surface area contributed by atoms with Crippen molar-refractivity contribution in [1.82, 2.24) is 10.3 Å². The number of aromatic nitrogens is 1. The molecule has 1 N–H and O–H groups in total. The molecule has 1 aliphatic rings. The lowest BCUT2D eigenvalue weighted by Crippen LogP contribution is -2.16. The largest absolute Gasteiger partial charge is 0.309 e. The summed E-state index contributed by atoms with van der Waals surface area (Å²) in [7, 11) is 0. The van der Waals surface area contributed by atoms with Gasteiger partial charge in [-0.05, 0) is 33.2 Å². The van der Waals surface area contributed by atoms with Gasteiger partial charge in [-0.25, -0.2) is 4.98 Å². The van der Waals surface area contributed by atoms with Gasteiger partial charge in [0.25, 0.3) is 0 Å². The number of rotatable bonds is 2. The molecule has 0 bridgehead atoms. The Labute approximate surface area is 94.1 Å². The quantitative estimate of drug-likeness (QED) is 0.834. The molecule has 1 unspecified atom stereocenters. The van der Waals surface area contributed by atoms with Crippen molar-refractivity contribution >= 4 is 11.3 Å². The van der Waals surface area contributed by atoms with Crippen LogP contribution in [0.1, 0.15) is 43.4 Å². The van der Waals surface area contributed by atoms with Crippen molar-refractivity contribution in [2.24, 2.45) is 0 Å². The van der Waals surface area contributed by atoms with Crippen molar-refractivity contribution in [3.05, 3.63) is 16.1 Å². The van der Waals surface area contributed by atoms with Crippen molar-refractivity contribution in [3.8, 4) is 6.07 Å². The number of nitrogens with one attached hydrogen (secondary N) is 1. The summed E-state index contributed by atoms with van der Waals surface area (Å²) in [6.45, 7) is 4.91. The lowest BCUT2D eigenvalue weighted by atomic mass is 9.97. The maximum absolute atomic E-state index is 9.02. The normalized spacial score (nSPS) is 21.5. The first-order valence-corrected chi connectivity index (χ1v) is 6.12. The molecule has 1 aromatic rings. The molecule has 0 spiro atoms. The summed E-state index contributed by atoms with van der Waals surface area (Å²) in [5.41, 5.74) is 0.650. The second-order valence-electron chi connectivity index (χ2n) is 4.46. The molecule has 0 amide bonds. The number of thiazole rings is 1. The van der Waals surface area contributed by atoms with E-state index in [0.29, 0.717) is 6.04 Å².